The number of phenolic OH excluding ortho intramolecular Hbond substituents is 1. The number of benzene rings is 3. The van der Waals surface area contributed by atoms with E-state index in [1.54, 1.807) is 24.2 Å². The molecule has 29 heavy (non-hydrogen) atoms. The van der Waals surface area contributed by atoms with Crippen molar-refractivity contribution in [1.29, 1.82) is 0 Å². The normalized spacial score (nSPS) is 13.3. The average molecular weight is 389 g/mol. The van der Waals surface area contributed by atoms with Crippen molar-refractivity contribution in [3.8, 4) is 17.2 Å². The largest absolute Gasteiger partial charge is 0.507 e. The van der Waals surface area contributed by atoms with Crippen LogP contribution in [-0.2, 0) is 6.54 Å². The van der Waals surface area contributed by atoms with Crippen LogP contribution in [0.25, 0.3) is 16.5 Å². The summed E-state index contributed by atoms with van der Waals surface area (Å²) in [6.07, 6.45) is 3.22. The highest BCUT2D eigenvalue weighted by Gasteiger charge is 2.19. The Morgan fingerprint density at radius 1 is 1.10 bits per heavy atom. The van der Waals surface area contributed by atoms with E-state index in [0.717, 1.165) is 27.8 Å². The lowest BCUT2D eigenvalue weighted by Gasteiger charge is -2.23. The van der Waals surface area contributed by atoms with Crippen LogP contribution in [0.3, 0.4) is 0 Å². The molecule has 6 nitrogen and oxygen atoms in total. The number of aromatic hydroxyl groups is 1. The molecular weight excluding hydrogens is 364 g/mol. The van der Waals surface area contributed by atoms with Crippen LogP contribution in [0.2, 0.25) is 0 Å². The first-order valence-corrected chi connectivity index (χ1v) is 9.62. The lowest BCUT2D eigenvalue weighted by molar-refractivity contribution is -0.923. The summed E-state index contributed by atoms with van der Waals surface area (Å²) in [5, 5.41) is 16.8. The van der Waals surface area contributed by atoms with Crippen LogP contribution in [0, 0.1) is 0 Å². The second-order valence-electron chi connectivity index (χ2n) is 7.33. The lowest BCUT2D eigenvalue weighted by Crippen LogP contribution is -3.07. The van der Waals surface area contributed by atoms with Gasteiger partial charge in [-0.3, -0.25) is 0 Å². The number of nitrogens with one attached hydrogen (secondary N) is 1. The summed E-state index contributed by atoms with van der Waals surface area (Å²) in [5.74, 6) is 1.11. The highest BCUT2D eigenvalue weighted by Crippen LogP contribution is 2.30. The fourth-order valence-electron chi connectivity index (χ4n) is 3.64. The lowest BCUT2D eigenvalue weighted by atomic mass is 10.0. The van der Waals surface area contributed by atoms with Crippen LogP contribution in [0.4, 0.5) is 0 Å². The molecule has 0 aliphatic heterocycles. The predicted octanol–water partition coefficient (Wildman–Crippen LogP) is 2.91. The first kappa shape index (κ1) is 19.0. The molecule has 0 bridgehead atoms. The van der Waals surface area contributed by atoms with Gasteiger partial charge in [-0.2, -0.15) is 5.10 Å². The van der Waals surface area contributed by atoms with E-state index >= 15 is 0 Å². The maximum Gasteiger partial charge on any atom is 0.138 e. The Morgan fingerprint density at radius 2 is 1.86 bits per heavy atom. The van der Waals surface area contributed by atoms with Gasteiger partial charge in [0.05, 0.1) is 25.4 Å². The Balaban J connectivity index is 1.59. The molecule has 0 fully saturated rings. The maximum atomic E-state index is 10.5. The van der Waals surface area contributed by atoms with Gasteiger partial charge in [0, 0.05) is 5.56 Å². The van der Waals surface area contributed by atoms with Crippen molar-refractivity contribution in [2.75, 3.05) is 14.2 Å². The fraction of sp³-hybridized carbons (Fsp3) is 0.217. The number of hydrogen-bond donors (Lipinski definition) is 2. The summed E-state index contributed by atoms with van der Waals surface area (Å²) >= 11 is 0. The van der Waals surface area contributed by atoms with Gasteiger partial charge in [0.2, 0.25) is 0 Å². The van der Waals surface area contributed by atoms with E-state index in [1.165, 1.54) is 16.8 Å². The number of methoxy groups -OCH3 is 1. The first-order chi connectivity index (χ1) is 14.1. The Kier molecular flexibility index (Phi) is 5.18. The van der Waals surface area contributed by atoms with Gasteiger partial charge < -0.3 is 14.7 Å². The molecule has 2 atom stereocenters. The zero-order valence-electron chi connectivity index (χ0n) is 16.8. The zero-order chi connectivity index (χ0) is 20.4. The van der Waals surface area contributed by atoms with Crippen LogP contribution in [0.5, 0.6) is 11.5 Å². The molecule has 0 aliphatic carbocycles. The Bertz CT molecular complexity index is 1110. The molecule has 0 aliphatic rings. The van der Waals surface area contributed by atoms with Crippen molar-refractivity contribution in [3.63, 3.8) is 0 Å². The van der Waals surface area contributed by atoms with Crippen LogP contribution < -0.4 is 9.64 Å². The number of nitrogens with zero attached hydrogens (tertiary/aromatic N) is 3. The Morgan fingerprint density at radius 3 is 2.55 bits per heavy atom. The zero-order valence-corrected chi connectivity index (χ0v) is 16.8. The van der Waals surface area contributed by atoms with Gasteiger partial charge in [-0.1, -0.05) is 24.3 Å². The Hall–Kier alpha value is -3.38. The summed E-state index contributed by atoms with van der Waals surface area (Å²) in [5.41, 5.74) is 3.14. The predicted molar refractivity (Wildman–Crippen MR) is 113 cm³/mol. The van der Waals surface area contributed by atoms with Crippen LogP contribution in [0.15, 0.2) is 67.3 Å². The van der Waals surface area contributed by atoms with Crippen molar-refractivity contribution >= 4 is 10.8 Å². The third-order valence-corrected chi connectivity index (χ3v) is 5.59. The van der Waals surface area contributed by atoms with Crippen LogP contribution in [-0.4, -0.2) is 34.0 Å². The summed E-state index contributed by atoms with van der Waals surface area (Å²) in [6, 6.07) is 18.3. The SMILES string of the molecule is COc1ccc2ccc(O)c(C[NH+](C)[C@H](C)c3ccc(-n4cncn4)cc3)c2c1. The third-order valence-electron chi connectivity index (χ3n) is 5.59. The number of phenols is 1. The highest BCUT2D eigenvalue weighted by molar-refractivity contribution is 5.88. The van der Waals surface area contributed by atoms with E-state index in [1.807, 2.05) is 36.4 Å². The first-order valence-electron chi connectivity index (χ1n) is 9.62. The molecule has 0 spiro atoms. The van der Waals surface area contributed by atoms with Gasteiger partial charge in [-0.25, -0.2) is 9.67 Å². The molecule has 1 heterocycles. The van der Waals surface area contributed by atoms with Crippen molar-refractivity contribution in [3.05, 3.63) is 78.4 Å². The molecule has 6 heteroatoms. The van der Waals surface area contributed by atoms with Crippen molar-refractivity contribution in [2.45, 2.75) is 19.5 Å². The van der Waals surface area contributed by atoms with Gasteiger partial charge >= 0.3 is 0 Å². The standard InChI is InChI=1S/C23H24N4O2/c1-16(17-4-8-19(9-5-17)27-15-24-14-25-27)26(2)13-22-21-12-20(29-3)10-6-18(21)7-11-23(22)28/h4-12,14-16,28H,13H2,1-3H3/p+1/t16-/m1/s1. The topological polar surface area (TPSA) is 64.6 Å². The number of rotatable bonds is 6. The molecule has 1 unspecified atom stereocenters. The van der Waals surface area contributed by atoms with E-state index < -0.39 is 0 Å². The quantitative estimate of drug-likeness (QED) is 0.532. The fourth-order valence-corrected chi connectivity index (χ4v) is 3.64. The van der Waals surface area contributed by atoms with Gasteiger partial charge in [0.1, 0.15) is 36.7 Å². The number of aromatic nitrogens is 3. The van der Waals surface area contributed by atoms with E-state index in [4.69, 9.17) is 4.74 Å². The molecule has 3 aromatic carbocycles. The second-order valence-corrected chi connectivity index (χ2v) is 7.33. The molecule has 0 saturated carbocycles. The van der Waals surface area contributed by atoms with Gasteiger partial charge in [0.25, 0.3) is 0 Å². The maximum absolute atomic E-state index is 10.5. The monoisotopic (exact) mass is 389 g/mol. The molecule has 148 valence electrons. The molecule has 0 radical (unpaired) electrons. The third kappa shape index (κ3) is 3.79. The molecule has 2 N–H and O–H groups in total. The molecule has 1 aromatic heterocycles. The second kappa shape index (κ2) is 7.93. The minimum absolute atomic E-state index is 0.250. The summed E-state index contributed by atoms with van der Waals surface area (Å²) < 4.78 is 7.12. The Labute approximate surface area is 170 Å². The number of hydrogen-bond acceptors (Lipinski definition) is 4. The van der Waals surface area contributed by atoms with Crippen LogP contribution in [0.1, 0.15) is 24.1 Å². The van der Waals surface area contributed by atoms with Crippen molar-refractivity contribution in [1.82, 2.24) is 14.8 Å². The van der Waals surface area contributed by atoms with E-state index in [9.17, 15) is 5.11 Å². The number of fused-ring (bicyclic) bond motifs is 1. The molecule has 0 saturated heterocycles. The highest BCUT2D eigenvalue weighted by atomic mass is 16.5. The van der Waals surface area contributed by atoms with Gasteiger partial charge in [-0.15, -0.1) is 0 Å². The number of quaternary nitrogens is 1. The molecular formula is C23H25N4O2+. The molecule has 0 amide bonds. The number of ether oxygens (including phenoxy) is 1. The van der Waals surface area contributed by atoms with Gasteiger partial charge in [-0.05, 0) is 48.0 Å². The minimum Gasteiger partial charge on any atom is -0.507 e. The van der Waals surface area contributed by atoms with Crippen molar-refractivity contribution < 1.29 is 14.7 Å². The van der Waals surface area contributed by atoms with E-state index in [-0.39, 0.29) is 6.04 Å². The van der Waals surface area contributed by atoms with E-state index in [0.29, 0.717) is 12.3 Å². The summed E-state index contributed by atoms with van der Waals surface area (Å²) in [6.45, 7) is 2.89. The summed E-state index contributed by atoms with van der Waals surface area (Å²) in [7, 11) is 3.81. The summed E-state index contributed by atoms with van der Waals surface area (Å²) in [4.78, 5) is 5.27. The molecule has 4 rings (SSSR count). The van der Waals surface area contributed by atoms with Gasteiger partial charge in [0.15, 0.2) is 0 Å². The smallest absolute Gasteiger partial charge is 0.138 e. The van der Waals surface area contributed by atoms with Crippen LogP contribution >= 0.6 is 0 Å². The minimum atomic E-state index is 0.250. The van der Waals surface area contributed by atoms with E-state index in [2.05, 4.69) is 36.2 Å². The molecule has 4 aromatic rings. The average Bonchev–Trinajstić information content (AvgIpc) is 3.30. The van der Waals surface area contributed by atoms with Crippen molar-refractivity contribution in [2.24, 2.45) is 0 Å².